The van der Waals surface area contributed by atoms with Crippen molar-refractivity contribution in [1.29, 1.82) is 0 Å². The highest BCUT2D eigenvalue weighted by atomic mass is 32.2. The van der Waals surface area contributed by atoms with E-state index >= 15 is 0 Å². The predicted molar refractivity (Wildman–Crippen MR) is 78.8 cm³/mol. The summed E-state index contributed by atoms with van der Waals surface area (Å²) in [7, 11) is 0. The Kier molecular flexibility index (Phi) is 5.09. The molecule has 0 radical (unpaired) electrons. The number of non-ortho nitro benzene ring substituents is 1. The smallest absolute Gasteiger partial charge is 0.269 e. The van der Waals surface area contributed by atoms with Gasteiger partial charge in [-0.3, -0.25) is 10.1 Å². The number of aromatic nitrogens is 1. The van der Waals surface area contributed by atoms with Crippen molar-refractivity contribution in [2.45, 2.75) is 23.4 Å². The summed E-state index contributed by atoms with van der Waals surface area (Å²) in [6.07, 6.45) is 1.84. The summed E-state index contributed by atoms with van der Waals surface area (Å²) < 4.78 is 0. The number of hydrogen-bond acceptors (Lipinski definition) is 5. The highest BCUT2D eigenvalue weighted by Crippen LogP contribution is 2.27. The second-order valence-electron chi connectivity index (χ2n) is 4.14. The zero-order valence-corrected chi connectivity index (χ0v) is 11.9. The molecule has 0 aliphatic heterocycles. The topological polar surface area (TPSA) is 68.1 Å². The summed E-state index contributed by atoms with van der Waals surface area (Å²) >= 11 is 1.49. The van der Waals surface area contributed by atoms with Crippen molar-refractivity contribution in [2.24, 2.45) is 0 Å². The minimum Gasteiger partial charge on any atom is -0.313 e. The molecule has 6 heteroatoms. The number of nitro benzene ring substituents is 1. The molecule has 0 saturated heterocycles. The molecule has 2 aromatic rings. The van der Waals surface area contributed by atoms with Crippen molar-refractivity contribution in [2.75, 3.05) is 6.54 Å². The van der Waals surface area contributed by atoms with Crippen LogP contribution in [0.25, 0.3) is 0 Å². The molecule has 0 bridgehead atoms. The molecular weight excluding hydrogens is 274 g/mol. The molecule has 5 nitrogen and oxygen atoms in total. The molecule has 1 aromatic heterocycles. The zero-order valence-electron chi connectivity index (χ0n) is 11.1. The fourth-order valence-corrected chi connectivity index (χ4v) is 2.36. The Morgan fingerprint density at radius 1 is 1.25 bits per heavy atom. The fraction of sp³-hybridized carbons (Fsp3) is 0.214. The van der Waals surface area contributed by atoms with E-state index in [0.717, 1.165) is 28.6 Å². The average molecular weight is 289 g/mol. The number of hydrogen-bond donors (Lipinski definition) is 1. The first-order valence-electron chi connectivity index (χ1n) is 6.27. The summed E-state index contributed by atoms with van der Waals surface area (Å²) in [5.41, 5.74) is 1.24. The minimum absolute atomic E-state index is 0.100. The van der Waals surface area contributed by atoms with Gasteiger partial charge in [-0.05, 0) is 30.3 Å². The number of nitro groups is 1. The third-order valence-electron chi connectivity index (χ3n) is 2.65. The van der Waals surface area contributed by atoms with Crippen LogP contribution >= 0.6 is 11.8 Å². The van der Waals surface area contributed by atoms with Gasteiger partial charge in [-0.15, -0.1) is 0 Å². The molecular formula is C14H15N3O2S. The standard InChI is InChI=1S/C14H15N3O2S/c1-2-15-9-11-3-8-14(16-10-11)20-13-6-4-12(5-7-13)17(18)19/h3-8,10,15H,2,9H2,1H3. The molecule has 1 aromatic carbocycles. The van der Waals surface area contributed by atoms with E-state index in [2.05, 4.69) is 17.2 Å². The number of nitrogens with one attached hydrogen (secondary N) is 1. The SMILES string of the molecule is CCNCc1ccc(Sc2ccc([N+](=O)[O-])cc2)nc1. The third kappa shape index (κ3) is 4.04. The Hall–Kier alpha value is -1.92. The van der Waals surface area contributed by atoms with Gasteiger partial charge in [0.1, 0.15) is 5.03 Å². The lowest BCUT2D eigenvalue weighted by Gasteiger charge is -2.04. The van der Waals surface area contributed by atoms with Gasteiger partial charge in [0, 0.05) is 29.8 Å². The Balaban J connectivity index is 2.00. The summed E-state index contributed by atoms with van der Waals surface area (Å²) in [6, 6.07) is 10.5. The van der Waals surface area contributed by atoms with Crippen LogP contribution in [0.3, 0.4) is 0 Å². The first-order chi connectivity index (χ1) is 9.69. The van der Waals surface area contributed by atoms with E-state index in [1.165, 1.54) is 23.9 Å². The lowest BCUT2D eigenvalue weighted by Crippen LogP contribution is -2.11. The van der Waals surface area contributed by atoms with Crippen molar-refractivity contribution < 1.29 is 4.92 Å². The number of nitrogens with zero attached hydrogens (tertiary/aromatic N) is 2. The normalized spacial score (nSPS) is 10.4. The van der Waals surface area contributed by atoms with Gasteiger partial charge in [-0.2, -0.15) is 0 Å². The largest absolute Gasteiger partial charge is 0.313 e. The maximum atomic E-state index is 10.6. The van der Waals surface area contributed by atoms with E-state index in [9.17, 15) is 10.1 Å². The van der Waals surface area contributed by atoms with Crippen LogP contribution in [0.1, 0.15) is 12.5 Å². The Bertz CT molecular complexity index is 570. The molecule has 1 heterocycles. The van der Waals surface area contributed by atoms with Gasteiger partial charge in [0.2, 0.25) is 0 Å². The fourth-order valence-electron chi connectivity index (χ4n) is 1.60. The number of benzene rings is 1. The van der Waals surface area contributed by atoms with E-state index in [4.69, 9.17) is 0 Å². The predicted octanol–water partition coefficient (Wildman–Crippen LogP) is 3.25. The van der Waals surface area contributed by atoms with Crippen LogP contribution in [0.5, 0.6) is 0 Å². The highest BCUT2D eigenvalue weighted by molar-refractivity contribution is 7.99. The van der Waals surface area contributed by atoms with Crippen LogP contribution in [-0.4, -0.2) is 16.5 Å². The van der Waals surface area contributed by atoms with Crippen LogP contribution in [0.4, 0.5) is 5.69 Å². The lowest BCUT2D eigenvalue weighted by molar-refractivity contribution is -0.384. The Labute approximate surface area is 121 Å². The van der Waals surface area contributed by atoms with Crippen molar-refractivity contribution >= 4 is 17.4 Å². The van der Waals surface area contributed by atoms with Gasteiger partial charge in [0.05, 0.1) is 4.92 Å². The second kappa shape index (κ2) is 7.02. The van der Waals surface area contributed by atoms with Crippen LogP contribution in [0, 0.1) is 10.1 Å². The molecule has 1 N–H and O–H groups in total. The van der Waals surface area contributed by atoms with Crippen LogP contribution in [-0.2, 0) is 6.54 Å². The van der Waals surface area contributed by atoms with Crippen molar-refractivity contribution in [1.82, 2.24) is 10.3 Å². The second-order valence-corrected chi connectivity index (χ2v) is 5.23. The van der Waals surface area contributed by atoms with Gasteiger partial charge in [0.15, 0.2) is 0 Å². The van der Waals surface area contributed by atoms with Crippen LogP contribution in [0.2, 0.25) is 0 Å². The van der Waals surface area contributed by atoms with Gasteiger partial charge in [-0.25, -0.2) is 4.98 Å². The first kappa shape index (κ1) is 14.5. The molecule has 0 aliphatic rings. The average Bonchev–Trinajstić information content (AvgIpc) is 2.47. The van der Waals surface area contributed by atoms with E-state index in [1.54, 1.807) is 12.1 Å². The number of rotatable bonds is 6. The van der Waals surface area contributed by atoms with Crippen molar-refractivity contribution in [3.8, 4) is 0 Å². The molecule has 0 fully saturated rings. The van der Waals surface area contributed by atoms with E-state index < -0.39 is 4.92 Å². The first-order valence-corrected chi connectivity index (χ1v) is 7.08. The zero-order chi connectivity index (χ0) is 14.4. The van der Waals surface area contributed by atoms with Gasteiger partial charge in [0.25, 0.3) is 5.69 Å². The van der Waals surface area contributed by atoms with E-state index in [-0.39, 0.29) is 5.69 Å². The lowest BCUT2D eigenvalue weighted by atomic mass is 10.3. The molecule has 0 unspecified atom stereocenters. The highest BCUT2D eigenvalue weighted by Gasteiger charge is 2.05. The minimum atomic E-state index is -0.401. The third-order valence-corrected chi connectivity index (χ3v) is 3.61. The maximum Gasteiger partial charge on any atom is 0.269 e. The van der Waals surface area contributed by atoms with Crippen molar-refractivity contribution in [3.63, 3.8) is 0 Å². The summed E-state index contributed by atoms with van der Waals surface area (Å²) in [5.74, 6) is 0. The molecule has 0 aliphatic carbocycles. The van der Waals surface area contributed by atoms with Crippen molar-refractivity contribution in [3.05, 3.63) is 58.3 Å². The molecule has 20 heavy (non-hydrogen) atoms. The quantitative estimate of drug-likeness (QED) is 0.653. The Morgan fingerprint density at radius 3 is 2.55 bits per heavy atom. The number of pyridine rings is 1. The molecule has 0 amide bonds. The van der Waals surface area contributed by atoms with Gasteiger partial charge >= 0.3 is 0 Å². The molecule has 0 atom stereocenters. The summed E-state index contributed by atoms with van der Waals surface area (Å²) in [4.78, 5) is 15.5. The Morgan fingerprint density at radius 2 is 2.00 bits per heavy atom. The molecule has 0 saturated carbocycles. The van der Waals surface area contributed by atoms with Crippen LogP contribution in [0.15, 0.2) is 52.5 Å². The molecule has 2 rings (SSSR count). The van der Waals surface area contributed by atoms with Gasteiger partial charge < -0.3 is 5.32 Å². The monoisotopic (exact) mass is 289 g/mol. The van der Waals surface area contributed by atoms with E-state index in [0.29, 0.717) is 0 Å². The maximum absolute atomic E-state index is 10.6. The molecule has 0 spiro atoms. The van der Waals surface area contributed by atoms with E-state index in [1.807, 2.05) is 18.3 Å². The summed E-state index contributed by atoms with van der Waals surface area (Å²) in [6.45, 7) is 3.80. The van der Waals surface area contributed by atoms with Gasteiger partial charge in [-0.1, -0.05) is 24.8 Å². The molecule has 104 valence electrons. The summed E-state index contributed by atoms with van der Waals surface area (Å²) in [5, 5.41) is 14.7. The van der Waals surface area contributed by atoms with Crippen LogP contribution < -0.4 is 5.32 Å².